The van der Waals surface area contributed by atoms with Gasteiger partial charge in [0, 0.05) is 12.1 Å². The highest BCUT2D eigenvalue weighted by Crippen LogP contribution is 2.20. The minimum atomic E-state index is 0.535. The molecule has 0 bridgehead atoms. The second-order valence-electron chi connectivity index (χ2n) is 4.79. The average Bonchev–Trinajstić information content (AvgIpc) is 2.82. The van der Waals surface area contributed by atoms with Gasteiger partial charge < -0.3 is 5.32 Å². The second-order valence-corrected chi connectivity index (χ2v) is 4.79. The van der Waals surface area contributed by atoms with Gasteiger partial charge in [-0.2, -0.15) is 0 Å². The van der Waals surface area contributed by atoms with E-state index in [0.29, 0.717) is 18.0 Å². The normalized spacial score (nSPS) is 19.9. The van der Waals surface area contributed by atoms with E-state index < -0.39 is 0 Å². The zero-order valence-corrected chi connectivity index (χ0v) is 10.2. The third-order valence-corrected chi connectivity index (χ3v) is 3.58. The van der Waals surface area contributed by atoms with Gasteiger partial charge in [-0.25, -0.2) is 0 Å². The highest BCUT2D eigenvalue weighted by Gasteiger charge is 2.18. The highest BCUT2D eigenvalue weighted by atomic mass is 14.9. The van der Waals surface area contributed by atoms with E-state index in [2.05, 4.69) is 61.6 Å². The van der Waals surface area contributed by atoms with Crippen molar-refractivity contribution in [1.82, 2.24) is 5.32 Å². The molecule has 1 aromatic carbocycles. The number of hydrogen-bond donors (Lipinski definition) is 1. The van der Waals surface area contributed by atoms with Gasteiger partial charge >= 0.3 is 0 Å². The molecule has 0 heterocycles. The van der Waals surface area contributed by atoms with Gasteiger partial charge in [-0.05, 0) is 31.2 Å². The largest absolute Gasteiger partial charge is 0.310 e. The summed E-state index contributed by atoms with van der Waals surface area (Å²) in [7, 11) is 0. The van der Waals surface area contributed by atoms with E-state index in [0.717, 1.165) is 0 Å². The molecule has 1 heteroatoms. The van der Waals surface area contributed by atoms with Gasteiger partial charge in [0.15, 0.2) is 0 Å². The van der Waals surface area contributed by atoms with Crippen LogP contribution in [0.15, 0.2) is 42.5 Å². The van der Waals surface area contributed by atoms with Crippen LogP contribution in [0, 0.1) is 0 Å². The number of rotatable bonds is 4. The fourth-order valence-corrected chi connectivity index (χ4v) is 2.31. The van der Waals surface area contributed by atoms with Crippen LogP contribution >= 0.6 is 0 Å². The van der Waals surface area contributed by atoms with Gasteiger partial charge in [0.2, 0.25) is 0 Å². The maximum absolute atomic E-state index is 3.71. The van der Waals surface area contributed by atoms with Crippen molar-refractivity contribution in [3.63, 3.8) is 0 Å². The Morgan fingerprint density at radius 2 is 1.69 bits per heavy atom. The molecule has 0 aliphatic heterocycles. The predicted octanol–water partition coefficient (Wildman–Crippen LogP) is 3.49. The lowest BCUT2D eigenvalue weighted by molar-refractivity contribution is 0.417. The van der Waals surface area contributed by atoms with E-state index in [1.165, 1.54) is 18.4 Å². The summed E-state index contributed by atoms with van der Waals surface area (Å²) in [5.41, 5.74) is 1.42. The topological polar surface area (TPSA) is 12.0 Å². The van der Waals surface area contributed by atoms with Gasteiger partial charge in [-0.1, -0.05) is 49.4 Å². The van der Waals surface area contributed by atoms with Gasteiger partial charge in [0.1, 0.15) is 0 Å². The Bertz CT molecular complexity index is 334. The first kappa shape index (κ1) is 11.4. The summed E-state index contributed by atoms with van der Waals surface area (Å²) >= 11 is 0. The second kappa shape index (κ2) is 5.31. The molecule has 2 rings (SSSR count). The number of hydrogen-bond acceptors (Lipinski definition) is 1. The number of benzene rings is 1. The van der Waals surface area contributed by atoms with E-state index in [1.54, 1.807) is 0 Å². The van der Waals surface area contributed by atoms with Gasteiger partial charge in [-0.3, -0.25) is 0 Å². The molecule has 1 N–H and O–H groups in total. The molecule has 0 amide bonds. The summed E-state index contributed by atoms with van der Waals surface area (Å²) in [4.78, 5) is 0. The lowest BCUT2D eigenvalue weighted by atomic mass is 9.94. The lowest BCUT2D eigenvalue weighted by Gasteiger charge is -2.25. The zero-order chi connectivity index (χ0) is 11.4. The quantitative estimate of drug-likeness (QED) is 0.758. The van der Waals surface area contributed by atoms with Gasteiger partial charge in [-0.15, -0.1) is 0 Å². The van der Waals surface area contributed by atoms with Gasteiger partial charge in [0.05, 0.1) is 0 Å². The first-order valence-corrected chi connectivity index (χ1v) is 6.23. The average molecular weight is 215 g/mol. The minimum Gasteiger partial charge on any atom is -0.310 e. The molecule has 1 nitrogen and oxygen atoms in total. The molecule has 16 heavy (non-hydrogen) atoms. The van der Waals surface area contributed by atoms with Crippen LogP contribution < -0.4 is 5.32 Å². The molecule has 86 valence electrons. The van der Waals surface area contributed by atoms with Crippen LogP contribution in [0.5, 0.6) is 0 Å². The summed E-state index contributed by atoms with van der Waals surface area (Å²) in [6, 6.07) is 11.9. The number of nitrogens with one attached hydrogen (secondary N) is 1. The third kappa shape index (κ3) is 2.73. The van der Waals surface area contributed by atoms with Crippen molar-refractivity contribution in [1.29, 1.82) is 0 Å². The van der Waals surface area contributed by atoms with Crippen molar-refractivity contribution in [2.24, 2.45) is 0 Å². The van der Waals surface area contributed by atoms with Gasteiger partial charge in [0.25, 0.3) is 0 Å². The van der Waals surface area contributed by atoms with E-state index >= 15 is 0 Å². The summed E-state index contributed by atoms with van der Waals surface area (Å²) in [6.45, 7) is 4.59. The van der Waals surface area contributed by atoms with Crippen molar-refractivity contribution < 1.29 is 0 Å². The Kier molecular flexibility index (Phi) is 3.79. The monoisotopic (exact) mass is 215 g/mol. The molecule has 0 saturated heterocycles. The van der Waals surface area contributed by atoms with E-state index in [1.807, 2.05) is 0 Å². The minimum absolute atomic E-state index is 0.535. The van der Waals surface area contributed by atoms with Crippen LogP contribution in [0.25, 0.3) is 0 Å². The van der Waals surface area contributed by atoms with Crippen LogP contribution in [-0.2, 0) is 0 Å². The molecule has 2 atom stereocenters. The molecule has 0 spiro atoms. The fraction of sp³-hybridized carbons (Fsp3) is 0.467. The molecular formula is C15H21N. The summed E-state index contributed by atoms with van der Waals surface area (Å²) in [5, 5.41) is 3.71. The van der Waals surface area contributed by atoms with Crippen molar-refractivity contribution >= 4 is 0 Å². The van der Waals surface area contributed by atoms with E-state index in [4.69, 9.17) is 0 Å². The fourth-order valence-electron chi connectivity index (χ4n) is 2.31. The third-order valence-electron chi connectivity index (χ3n) is 3.58. The summed E-state index contributed by atoms with van der Waals surface area (Å²) in [6.07, 6.45) is 6.92. The molecule has 2 unspecified atom stereocenters. The van der Waals surface area contributed by atoms with Crippen molar-refractivity contribution in [2.45, 2.75) is 44.7 Å². The molecule has 0 aromatic heterocycles. The SMILES string of the molecule is CC(NC1CC=CC1)C(C)c1ccccc1. The molecule has 0 fully saturated rings. The molecular weight excluding hydrogens is 194 g/mol. The molecule has 1 aliphatic rings. The standard InChI is InChI=1S/C15H21N/c1-12(14-8-4-3-5-9-14)13(2)16-15-10-6-7-11-15/h3-9,12-13,15-16H,10-11H2,1-2H3. The summed E-state index contributed by atoms with van der Waals surface area (Å²) < 4.78 is 0. The Morgan fingerprint density at radius 3 is 2.31 bits per heavy atom. The van der Waals surface area contributed by atoms with Crippen LogP contribution in [0.1, 0.15) is 38.2 Å². The van der Waals surface area contributed by atoms with Crippen molar-refractivity contribution in [2.75, 3.05) is 0 Å². The molecule has 0 radical (unpaired) electrons. The van der Waals surface area contributed by atoms with Crippen LogP contribution in [-0.4, -0.2) is 12.1 Å². The zero-order valence-electron chi connectivity index (χ0n) is 10.2. The maximum atomic E-state index is 3.71. The molecule has 1 aromatic rings. The smallest absolute Gasteiger partial charge is 0.0139 e. The Labute approximate surface area is 98.6 Å². The Hall–Kier alpha value is -1.08. The lowest BCUT2D eigenvalue weighted by Crippen LogP contribution is -2.38. The highest BCUT2D eigenvalue weighted by molar-refractivity contribution is 5.20. The van der Waals surface area contributed by atoms with Crippen LogP contribution in [0.3, 0.4) is 0 Å². The van der Waals surface area contributed by atoms with Crippen LogP contribution in [0.4, 0.5) is 0 Å². The Morgan fingerprint density at radius 1 is 1.06 bits per heavy atom. The summed E-state index contributed by atoms with van der Waals surface area (Å²) in [5.74, 6) is 0.571. The predicted molar refractivity (Wildman–Crippen MR) is 69.6 cm³/mol. The first-order valence-electron chi connectivity index (χ1n) is 6.23. The van der Waals surface area contributed by atoms with Crippen molar-refractivity contribution in [3.05, 3.63) is 48.0 Å². The van der Waals surface area contributed by atoms with Crippen LogP contribution in [0.2, 0.25) is 0 Å². The first-order chi connectivity index (χ1) is 7.77. The maximum Gasteiger partial charge on any atom is 0.0139 e. The molecule has 0 saturated carbocycles. The van der Waals surface area contributed by atoms with E-state index in [9.17, 15) is 0 Å². The Balaban J connectivity index is 1.91. The molecule has 1 aliphatic carbocycles. The van der Waals surface area contributed by atoms with Crippen molar-refractivity contribution in [3.8, 4) is 0 Å². The van der Waals surface area contributed by atoms with E-state index in [-0.39, 0.29) is 0 Å².